The van der Waals surface area contributed by atoms with Crippen molar-refractivity contribution in [2.45, 2.75) is 31.3 Å². The number of nitrogens with zero attached hydrogens (tertiary/aromatic N) is 1. The first-order chi connectivity index (χ1) is 6.64. The van der Waals surface area contributed by atoms with Gasteiger partial charge in [-0.25, -0.2) is 4.90 Å². The number of hydrogen-bond donors (Lipinski definition) is 0. The van der Waals surface area contributed by atoms with Gasteiger partial charge in [0.15, 0.2) is 0 Å². The van der Waals surface area contributed by atoms with Crippen LogP contribution in [0, 0.1) is 0 Å². The minimum Gasteiger partial charge on any atom is -0.354 e. The van der Waals surface area contributed by atoms with Gasteiger partial charge in [-0.05, 0) is 13.8 Å². The van der Waals surface area contributed by atoms with Gasteiger partial charge in [-0.15, -0.1) is 0 Å². The maximum atomic E-state index is 5.52. The second-order valence-corrected chi connectivity index (χ2v) is 4.56. The highest BCUT2D eigenvalue weighted by atomic mass is 16.7. The SMILES string of the molecule is CC1(N(C2C=CC=C2)C2(C)CO2)CO1. The predicted octanol–water partition coefficient (Wildman–Crippen LogP) is 1.28. The summed E-state index contributed by atoms with van der Waals surface area (Å²) in [5.41, 5.74) is -0.232. The molecule has 2 saturated heterocycles. The zero-order chi connectivity index (χ0) is 9.81. The molecule has 14 heavy (non-hydrogen) atoms. The van der Waals surface area contributed by atoms with E-state index in [0.717, 1.165) is 13.2 Å². The van der Waals surface area contributed by atoms with Crippen LogP contribution in [0.4, 0.5) is 0 Å². The van der Waals surface area contributed by atoms with Crippen molar-refractivity contribution in [2.75, 3.05) is 13.2 Å². The summed E-state index contributed by atoms with van der Waals surface area (Å²) in [5.74, 6) is 0. The standard InChI is InChI=1S/C11H15NO2/c1-10(7-13-10)12(11(2)8-14-11)9-5-3-4-6-9/h3-6,9H,7-8H2,1-2H3. The summed E-state index contributed by atoms with van der Waals surface area (Å²) in [6.07, 6.45) is 8.52. The molecule has 3 nitrogen and oxygen atoms in total. The molecular weight excluding hydrogens is 178 g/mol. The molecule has 0 aromatic rings. The van der Waals surface area contributed by atoms with Crippen LogP contribution in [0.25, 0.3) is 0 Å². The van der Waals surface area contributed by atoms with Gasteiger partial charge >= 0.3 is 0 Å². The van der Waals surface area contributed by atoms with Crippen molar-refractivity contribution in [1.29, 1.82) is 0 Å². The number of allylic oxidation sites excluding steroid dienone is 2. The van der Waals surface area contributed by atoms with E-state index in [9.17, 15) is 0 Å². The Bertz CT molecular complexity index is 283. The van der Waals surface area contributed by atoms with Crippen molar-refractivity contribution in [3.8, 4) is 0 Å². The summed E-state index contributed by atoms with van der Waals surface area (Å²) in [6.45, 7) is 5.87. The molecule has 2 heterocycles. The van der Waals surface area contributed by atoms with E-state index < -0.39 is 0 Å². The van der Waals surface area contributed by atoms with Crippen molar-refractivity contribution in [3.63, 3.8) is 0 Å². The fourth-order valence-electron chi connectivity index (χ4n) is 2.21. The molecule has 0 aromatic heterocycles. The van der Waals surface area contributed by atoms with Gasteiger partial charge in [0, 0.05) is 0 Å². The van der Waals surface area contributed by atoms with Crippen LogP contribution in [0.1, 0.15) is 13.8 Å². The highest BCUT2D eigenvalue weighted by Gasteiger charge is 2.60. The van der Waals surface area contributed by atoms with Crippen LogP contribution in [-0.4, -0.2) is 35.6 Å². The number of ether oxygens (including phenoxy) is 2. The van der Waals surface area contributed by atoms with E-state index in [-0.39, 0.29) is 11.4 Å². The minimum absolute atomic E-state index is 0.116. The first-order valence-corrected chi connectivity index (χ1v) is 5.06. The average molecular weight is 193 g/mol. The van der Waals surface area contributed by atoms with Gasteiger partial charge in [0.2, 0.25) is 0 Å². The first-order valence-electron chi connectivity index (χ1n) is 5.06. The van der Waals surface area contributed by atoms with Gasteiger partial charge < -0.3 is 9.47 Å². The summed E-state index contributed by atoms with van der Waals surface area (Å²) in [4.78, 5) is 2.32. The highest BCUT2D eigenvalue weighted by molar-refractivity contribution is 5.24. The van der Waals surface area contributed by atoms with E-state index in [0.29, 0.717) is 6.04 Å². The molecule has 0 N–H and O–H groups in total. The molecule has 3 rings (SSSR count). The molecule has 0 aromatic carbocycles. The minimum atomic E-state index is -0.116. The molecule has 0 radical (unpaired) electrons. The summed E-state index contributed by atoms with van der Waals surface area (Å²) < 4.78 is 11.0. The van der Waals surface area contributed by atoms with Crippen LogP contribution in [-0.2, 0) is 9.47 Å². The molecule has 0 saturated carbocycles. The zero-order valence-corrected chi connectivity index (χ0v) is 8.56. The molecule has 0 bridgehead atoms. The number of epoxide rings is 2. The maximum Gasteiger partial charge on any atom is 0.145 e. The van der Waals surface area contributed by atoms with E-state index in [1.54, 1.807) is 0 Å². The van der Waals surface area contributed by atoms with E-state index in [1.807, 2.05) is 0 Å². The Hall–Kier alpha value is -0.640. The lowest BCUT2D eigenvalue weighted by molar-refractivity contribution is -0.0142. The van der Waals surface area contributed by atoms with E-state index in [2.05, 4.69) is 43.1 Å². The second kappa shape index (κ2) is 2.48. The smallest absolute Gasteiger partial charge is 0.145 e. The lowest BCUT2D eigenvalue weighted by Crippen LogP contribution is -2.50. The second-order valence-electron chi connectivity index (χ2n) is 4.56. The summed E-state index contributed by atoms with van der Waals surface area (Å²) in [7, 11) is 0. The van der Waals surface area contributed by atoms with Gasteiger partial charge in [0.25, 0.3) is 0 Å². The van der Waals surface area contributed by atoms with Gasteiger partial charge in [-0.2, -0.15) is 0 Å². The van der Waals surface area contributed by atoms with E-state index in [1.165, 1.54) is 0 Å². The molecule has 3 aliphatic rings. The summed E-state index contributed by atoms with van der Waals surface area (Å²) >= 11 is 0. The Morgan fingerprint density at radius 2 is 1.50 bits per heavy atom. The Morgan fingerprint density at radius 1 is 1.07 bits per heavy atom. The molecule has 2 atom stereocenters. The molecule has 1 aliphatic carbocycles. The van der Waals surface area contributed by atoms with E-state index in [4.69, 9.17) is 9.47 Å². The largest absolute Gasteiger partial charge is 0.354 e. The monoisotopic (exact) mass is 193 g/mol. The van der Waals surface area contributed by atoms with Crippen LogP contribution in [0.15, 0.2) is 24.3 Å². The normalized spacial score (nSPS) is 45.1. The third-order valence-corrected chi connectivity index (χ3v) is 3.17. The van der Waals surface area contributed by atoms with Gasteiger partial charge in [0.05, 0.1) is 19.3 Å². The quantitative estimate of drug-likeness (QED) is 0.632. The van der Waals surface area contributed by atoms with Crippen molar-refractivity contribution in [1.82, 2.24) is 4.90 Å². The summed E-state index contributed by atoms with van der Waals surface area (Å²) in [5, 5.41) is 0. The molecule has 2 unspecified atom stereocenters. The Balaban J connectivity index is 1.88. The fourth-order valence-corrected chi connectivity index (χ4v) is 2.21. The number of hydrogen-bond acceptors (Lipinski definition) is 3. The first kappa shape index (κ1) is 8.65. The molecule has 2 aliphatic heterocycles. The van der Waals surface area contributed by atoms with Crippen molar-refractivity contribution in [3.05, 3.63) is 24.3 Å². The number of rotatable bonds is 3. The van der Waals surface area contributed by atoms with Crippen molar-refractivity contribution >= 4 is 0 Å². The molecule has 0 amide bonds. The van der Waals surface area contributed by atoms with E-state index >= 15 is 0 Å². The Morgan fingerprint density at radius 3 is 1.86 bits per heavy atom. The lowest BCUT2D eigenvalue weighted by atomic mass is 10.1. The topological polar surface area (TPSA) is 28.3 Å². The molecule has 0 spiro atoms. The van der Waals surface area contributed by atoms with Gasteiger partial charge in [-0.3, -0.25) is 0 Å². The maximum absolute atomic E-state index is 5.52. The van der Waals surface area contributed by atoms with Crippen LogP contribution in [0.5, 0.6) is 0 Å². The summed E-state index contributed by atoms with van der Waals surface area (Å²) in [6, 6.07) is 0.329. The van der Waals surface area contributed by atoms with Crippen LogP contribution in [0.3, 0.4) is 0 Å². The van der Waals surface area contributed by atoms with Crippen LogP contribution in [0.2, 0.25) is 0 Å². The Labute approximate surface area is 84.0 Å². The van der Waals surface area contributed by atoms with Crippen molar-refractivity contribution < 1.29 is 9.47 Å². The van der Waals surface area contributed by atoms with Gasteiger partial charge in [-0.1, -0.05) is 24.3 Å². The predicted molar refractivity (Wildman–Crippen MR) is 52.6 cm³/mol. The molecular formula is C11H15NO2. The van der Waals surface area contributed by atoms with Gasteiger partial charge in [0.1, 0.15) is 11.4 Å². The Kier molecular flexibility index (Phi) is 1.53. The third-order valence-electron chi connectivity index (χ3n) is 3.17. The molecule has 76 valence electrons. The van der Waals surface area contributed by atoms with Crippen LogP contribution < -0.4 is 0 Å². The molecule has 2 fully saturated rings. The fraction of sp³-hybridized carbons (Fsp3) is 0.636. The average Bonchev–Trinajstić information content (AvgIpc) is 2.98. The highest BCUT2D eigenvalue weighted by Crippen LogP contribution is 2.45. The third kappa shape index (κ3) is 1.16. The molecule has 3 heteroatoms. The lowest BCUT2D eigenvalue weighted by Gasteiger charge is -2.33. The van der Waals surface area contributed by atoms with Crippen molar-refractivity contribution in [2.24, 2.45) is 0 Å². The van der Waals surface area contributed by atoms with Crippen LogP contribution >= 0.6 is 0 Å². The zero-order valence-electron chi connectivity index (χ0n) is 8.56.